The van der Waals surface area contributed by atoms with E-state index in [0.29, 0.717) is 16.7 Å². The maximum Gasteiger partial charge on any atom is 0.238 e. The summed E-state index contributed by atoms with van der Waals surface area (Å²) in [6, 6.07) is 14.1. The van der Waals surface area contributed by atoms with E-state index in [1.807, 2.05) is 49.4 Å². The smallest absolute Gasteiger partial charge is 0.238 e. The SMILES string of the molecule is C=C1OC(c2sc3ccccc3c2Cl)=Nc2cc(C)ccc21. The molecule has 0 atom stereocenters. The standard InChI is InChI=1S/C18H12ClNOS/c1-10-7-8-12-11(2)21-18(20-14(12)9-10)17-16(19)13-5-3-4-6-15(13)22-17/h3-9H,2H2,1H3. The molecule has 2 heterocycles. The number of aliphatic imine (C=N–C) groups is 1. The van der Waals surface area contributed by atoms with Crippen LogP contribution in [-0.2, 0) is 4.74 Å². The van der Waals surface area contributed by atoms with Gasteiger partial charge in [-0.1, -0.05) is 42.4 Å². The second kappa shape index (κ2) is 4.97. The van der Waals surface area contributed by atoms with E-state index in [4.69, 9.17) is 16.3 Å². The summed E-state index contributed by atoms with van der Waals surface area (Å²) in [5.41, 5.74) is 2.95. The zero-order chi connectivity index (χ0) is 15.3. The summed E-state index contributed by atoms with van der Waals surface area (Å²) in [5, 5.41) is 1.71. The number of ether oxygens (including phenoxy) is 1. The molecule has 0 fully saturated rings. The molecule has 4 rings (SSSR count). The lowest BCUT2D eigenvalue weighted by Gasteiger charge is -2.18. The highest BCUT2D eigenvalue weighted by atomic mass is 35.5. The third kappa shape index (κ3) is 2.05. The highest BCUT2D eigenvalue weighted by Gasteiger charge is 2.23. The topological polar surface area (TPSA) is 21.6 Å². The molecule has 3 aromatic rings. The van der Waals surface area contributed by atoms with Crippen molar-refractivity contribution in [1.82, 2.24) is 0 Å². The van der Waals surface area contributed by atoms with Crippen LogP contribution in [-0.4, -0.2) is 5.90 Å². The fourth-order valence-electron chi connectivity index (χ4n) is 2.52. The van der Waals surface area contributed by atoms with Gasteiger partial charge in [0.15, 0.2) is 0 Å². The van der Waals surface area contributed by atoms with E-state index in [-0.39, 0.29) is 0 Å². The first-order valence-electron chi connectivity index (χ1n) is 6.87. The Morgan fingerprint density at radius 2 is 2.00 bits per heavy atom. The van der Waals surface area contributed by atoms with E-state index >= 15 is 0 Å². The van der Waals surface area contributed by atoms with E-state index in [0.717, 1.165) is 31.8 Å². The van der Waals surface area contributed by atoms with Crippen LogP contribution in [0.1, 0.15) is 16.0 Å². The van der Waals surface area contributed by atoms with Crippen LogP contribution in [0.2, 0.25) is 5.02 Å². The summed E-state index contributed by atoms with van der Waals surface area (Å²) in [7, 11) is 0. The summed E-state index contributed by atoms with van der Waals surface area (Å²) in [6.07, 6.45) is 0. The van der Waals surface area contributed by atoms with Crippen molar-refractivity contribution in [3.63, 3.8) is 0 Å². The number of hydrogen-bond donors (Lipinski definition) is 0. The van der Waals surface area contributed by atoms with E-state index in [1.165, 1.54) is 0 Å². The van der Waals surface area contributed by atoms with Crippen LogP contribution in [0.4, 0.5) is 5.69 Å². The average molecular weight is 326 g/mol. The van der Waals surface area contributed by atoms with Gasteiger partial charge >= 0.3 is 0 Å². The molecule has 0 spiro atoms. The third-order valence-electron chi connectivity index (χ3n) is 3.62. The molecule has 0 bridgehead atoms. The van der Waals surface area contributed by atoms with Crippen molar-refractivity contribution in [2.24, 2.45) is 4.99 Å². The average Bonchev–Trinajstić information content (AvgIpc) is 2.84. The predicted molar refractivity (Wildman–Crippen MR) is 94.3 cm³/mol. The van der Waals surface area contributed by atoms with Crippen molar-refractivity contribution in [3.8, 4) is 0 Å². The number of aryl methyl sites for hydroxylation is 1. The van der Waals surface area contributed by atoms with Gasteiger partial charge in [-0.2, -0.15) is 0 Å². The van der Waals surface area contributed by atoms with Gasteiger partial charge in [0.25, 0.3) is 0 Å². The molecule has 0 N–H and O–H groups in total. The lowest BCUT2D eigenvalue weighted by atomic mass is 10.1. The Morgan fingerprint density at radius 3 is 2.82 bits per heavy atom. The van der Waals surface area contributed by atoms with Crippen LogP contribution in [0.25, 0.3) is 15.8 Å². The van der Waals surface area contributed by atoms with Gasteiger partial charge in [-0.05, 0) is 30.7 Å². The number of rotatable bonds is 1. The van der Waals surface area contributed by atoms with Gasteiger partial charge in [-0.25, -0.2) is 4.99 Å². The Balaban J connectivity index is 1.92. The van der Waals surface area contributed by atoms with Gasteiger partial charge in [-0.3, -0.25) is 0 Å². The third-order valence-corrected chi connectivity index (χ3v) is 5.29. The molecule has 0 unspecified atom stereocenters. The van der Waals surface area contributed by atoms with E-state index in [9.17, 15) is 0 Å². The first-order chi connectivity index (χ1) is 10.6. The van der Waals surface area contributed by atoms with Gasteiger partial charge in [0.1, 0.15) is 10.6 Å². The van der Waals surface area contributed by atoms with Crippen LogP contribution in [0.3, 0.4) is 0 Å². The maximum atomic E-state index is 6.52. The van der Waals surface area contributed by atoms with Crippen LogP contribution in [0.5, 0.6) is 0 Å². The van der Waals surface area contributed by atoms with Crippen molar-refractivity contribution >= 4 is 50.4 Å². The zero-order valence-corrected chi connectivity index (χ0v) is 13.5. The molecular weight excluding hydrogens is 314 g/mol. The Bertz CT molecular complexity index is 955. The first-order valence-corrected chi connectivity index (χ1v) is 8.07. The molecule has 1 aliphatic rings. The molecule has 0 saturated heterocycles. The van der Waals surface area contributed by atoms with Crippen molar-refractivity contribution in [2.45, 2.75) is 6.92 Å². The molecule has 0 aliphatic carbocycles. The van der Waals surface area contributed by atoms with Crippen molar-refractivity contribution < 1.29 is 4.74 Å². The molecule has 0 radical (unpaired) electrons. The molecule has 2 aromatic carbocycles. The van der Waals surface area contributed by atoms with Gasteiger partial charge in [0, 0.05) is 15.6 Å². The largest absolute Gasteiger partial charge is 0.437 e. The molecule has 4 heteroatoms. The van der Waals surface area contributed by atoms with Gasteiger partial charge in [-0.15, -0.1) is 11.3 Å². The van der Waals surface area contributed by atoms with Crippen LogP contribution in [0, 0.1) is 6.92 Å². The quantitative estimate of drug-likeness (QED) is 0.542. The molecule has 1 aromatic heterocycles. The fourth-order valence-corrected chi connectivity index (χ4v) is 3.96. The lowest BCUT2D eigenvalue weighted by Crippen LogP contribution is -2.09. The molecule has 0 amide bonds. The molecule has 2 nitrogen and oxygen atoms in total. The normalized spacial score (nSPS) is 13.7. The van der Waals surface area contributed by atoms with Crippen LogP contribution in [0.15, 0.2) is 54.0 Å². The summed E-state index contributed by atoms with van der Waals surface area (Å²) >= 11 is 8.10. The Hall–Kier alpha value is -2.10. The highest BCUT2D eigenvalue weighted by molar-refractivity contribution is 7.21. The number of hydrogen-bond acceptors (Lipinski definition) is 3. The summed E-state index contributed by atoms with van der Waals surface area (Å²) in [4.78, 5) is 5.49. The van der Waals surface area contributed by atoms with Gasteiger partial charge in [0.05, 0.1) is 10.7 Å². The number of fused-ring (bicyclic) bond motifs is 2. The first kappa shape index (κ1) is 13.6. The van der Waals surface area contributed by atoms with E-state index < -0.39 is 0 Å². The maximum absolute atomic E-state index is 6.52. The van der Waals surface area contributed by atoms with E-state index in [2.05, 4.69) is 11.6 Å². The number of thiophene rings is 1. The second-order valence-corrected chi connectivity index (χ2v) is 6.63. The summed E-state index contributed by atoms with van der Waals surface area (Å²) in [6.45, 7) is 6.04. The van der Waals surface area contributed by atoms with Crippen molar-refractivity contribution in [1.29, 1.82) is 0 Å². The number of nitrogens with zero attached hydrogens (tertiary/aromatic N) is 1. The minimum absolute atomic E-state index is 0.523. The zero-order valence-electron chi connectivity index (χ0n) is 11.9. The van der Waals surface area contributed by atoms with Crippen molar-refractivity contribution in [2.75, 3.05) is 0 Å². The molecule has 22 heavy (non-hydrogen) atoms. The number of halogens is 1. The monoisotopic (exact) mass is 325 g/mol. The fraction of sp³-hybridized carbons (Fsp3) is 0.0556. The van der Waals surface area contributed by atoms with Crippen molar-refractivity contribution in [3.05, 3.63) is 70.1 Å². The van der Waals surface area contributed by atoms with Crippen LogP contribution >= 0.6 is 22.9 Å². The Labute approximate surface area is 137 Å². The van der Waals surface area contributed by atoms with Gasteiger partial charge in [0.2, 0.25) is 5.90 Å². The summed E-state index contributed by atoms with van der Waals surface area (Å²) in [5.74, 6) is 1.13. The molecular formula is C18H12ClNOS. The Morgan fingerprint density at radius 1 is 1.18 bits per heavy atom. The van der Waals surface area contributed by atoms with Crippen LogP contribution < -0.4 is 0 Å². The minimum Gasteiger partial charge on any atom is -0.437 e. The second-order valence-electron chi connectivity index (χ2n) is 5.20. The van der Waals surface area contributed by atoms with E-state index in [1.54, 1.807) is 11.3 Å². The van der Waals surface area contributed by atoms with Gasteiger partial charge < -0.3 is 4.74 Å². The molecule has 1 aliphatic heterocycles. The predicted octanol–water partition coefficient (Wildman–Crippen LogP) is 5.94. The highest BCUT2D eigenvalue weighted by Crippen LogP contribution is 2.40. The lowest BCUT2D eigenvalue weighted by molar-refractivity contribution is 0.507. The molecule has 0 saturated carbocycles. The Kier molecular flexibility index (Phi) is 3.06. The summed E-state index contributed by atoms with van der Waals surface area (Å²) < 4.78 is 6.95. The number of benzene rings is 2. The minimum atomic E-state index is 0.523. The molecule has 108 valence electrons.